The maximum atomic E-state index is 12.4. The van der Waals surface area contributed by atoms with Gasteiger partial charge in [0.15, 0.2) is 5.13 Å². The molecular weight excluding hydrogens is 552 g/mol. The third-order valence-electron chi connectivity index (χ3n) is 7.14. The van der Waals surface area contributed by atoms with Gasteiger partial charge in [-0.1, -0.05) is 42.5 Å². The lowest BCUT2D eigenvalue weighted by atomic mass is 9.93. The van der Waals surface area contributed by atoms with E-state index in [9.17, 15) is 20.0 Å². The number of carboxylic acid groups (broad SMARTS) is 1. The number of hydrogen-bond acceptors (Lipinski definition) is 8. The average molecular weight is 585 g/mol. The number of benzene rings is 3. The smallest absolute Gasteiger partial charge is 0.305 e. The molecule has 4 N–H and O–H groups in total. The Bertz CT molecular complexity index is 1550. The van der Waals surface area contributed by atoms with Gasteiger partial charge >= 0.3 is 5.97 Å². The van der Waals surface area contributed by atoms with E-state index in [1.807, 2.05) is 17.5 Å². The number of thiazole rings is 1. The number of carboxylic acids is 1. The fourth-order valence-electron chi connectivity index (χ4n) is 4.84. The van der Waals surface area contributed by atoms with Gasteiger partial charge in [-0.15, -0.1) is 16.6 Å². The molecule has 1 aliphatic rings. The van der Waals surface area contributed by atoms with E-state index in [0.717, 1.165) is 40.5 Å². The minimum atomic E-state index is -0.960. The Labute approximate surface area is 247 Å². The number of carbonyl (C=O) groups excluding carboxylic acids is 1. The molecule has 0 atom stereocenters. The lowest BCUT2D eigenvalue weighted by Gasteiger charge is -2.23. The second-order valence-corrected chi connectivity index (χ2v) is 10.9. The normalized spacial score (nSPS) is 12.9. The van der Waals surface area contributed by atoms with Crippen molar-refractivity contribution in [1.82, 2.24) is 10.3 Å². The molecule has 10 heteroatoms. The number of anilines is 3. The largest absolute Gasteiger partial charge is 0.481 e. The third kappa shape index (κ3) is 7.22. The Morgan fingerprint density at radius 1 is 0.881 bits per heavy atom. The van der Waals surface area contributed by atoms with E-state index >= 15 is 0 Å². The Balaban J connectivity index is 1.39. The van der Waals surface area contributed by atoms with Gasteiger partial charge in [-0.25, -0.2) is 4.98 Å². The molecule has 1 aromatic heterocycles. The number of nitrogens with one attached hydrogen (secondary N) is 1. The minimum Gasteiger partial charge on any atom is -0.481 e. The van der Waals surface area contributed by atoms with Crippen LogP contribution in [0.2, 0.25) is 0 Å². The number of nitrogens with zero attached hydrogens (tertiary/aromatic N) is 3. The van der Waals surface area contributed by atoms with Crippen molar-refractivity contribution in [3.05, 3.63) is 101 Å². The van der Waals surface area contributed by atoms with Gasteiger partial charge in [0.25, 0.3) is 5.91 Å². The highest BCUT2D eigenvalue weighted by molar-refractivity contribution is 7.14. The van der Waals surface area contributed by atoms with Gasteiger partial charge in [0, 0.05) is 28.7 Å². The van der Waals surface area contributed by atoms with Gasteiger partial charge in [0.05, 0.1) is 24.3 Å². The third-order valence-corrected chi connectivity index (χ3v) is 8.00. The van der Waals surface area contributed by atoms with E-state index in [4.69, 9.17) is 10.1 Å². The van der Waals surface area contributed by atoms with Gasteiger partial charge in [-0.05, 0) is 78.8 Å². The molecule has 0 unspecified atom stereocenters. The molecule has 0 spiro atoms. The van der Waals surface area contributed by atoms with E-state index in [1.165, 1.54) is 35.3 Å². The Morgan fingerprint density at radius 2 is 1.57 bits per heavy atom. The monoisotopic (exact) mass is 584 g/mol. The molecule has 0 aliphatic heterocycles. The molecule has 3 aromatic carbocycles. The van der Waals surface area contributed by atoms with Crippen LogP contribution in [0.3, 0.4) is 0 Å². The van der Waals surface area contributed by atoms with Crippen LogP contribution in [0.5, 0.6) is 0 Å². The van der Waals surface area contributed by atoms with E-state index in [2.05, 4.69) is 40.6 Å². The van der Waals surface area contributed by atoms with Crippen molar-refractivity contribution in [2.75, 3.05) is 16.7 Å². The first kappa shape index (κ1) is 29.0. The number of aromatic nitrogens is 1. The summed E-state index contributed by atoms with van der Waals surface area (Å²) in [4.78, 5) is 30.2. The van der Waals surface area contributed by atoms with Crippen LogP contribution in [-0.4, -0.2) is 38.9 Å². The molecule has 4 aromatic rings. The van der Waals surface area contributed by atoms with Gasteiger partial charge in [-0.3, -0.25) is 20.0 Å². The molecule has 0 saturated heterocycles. The van der Waals surface area contributed by atoms with Crippen LogP contribution in [0, 0.1) is 0 Å². The van der Waals surface area contributed by atoms with Gasteiger partial charge in [0.2, 0.25) is 0 Å². The fourth-order valence-corrected chi connectivity index (χ4v) is 5.69. The second kappa shape index (κ2) is 13.4. The molecule has 9 nitrogen and oxygen atoms in total. The molecule has 1 amide bonds. The zero-order valence-corrected chi connectivity index (χ0v) is 23.8. The van der Waals surface area contributed by atoms with Gasteiger partial charge in [0.1, 0.15) is 0 Å². The van der Waals surface area contributed by atoms with E-state index in [-0.39, 0.29) is 29.8 Å². The summed E-state index contributed by atoms with van der Waals surface area (Å²) in [5, 5.41) is 32.8. The van der Waals surface area contributed by atoms with E-state index < -0.39 is 5.97 Å². The standard InChI is InChI=1S/C32H32N4O5S/c37-30(38)18-19-33-31(39)26-8-6-22(7-9-26)20-35(27-14-10-24(11-15-27)23-4-2-1-3-5-23)32-34-29(21-42-32)25-12-16-28(17-13-25)36(40)41/h4,6-17,21,40-41H,1-3,5,18-20H2,(H,33,39)(H,37,38). The summed E-state index contributed by atoms with van der Waals surface area (Å²) in [5.41, 5.74) is 6.92. The summed E-state index contributed by atoms with van der Waals surface area (Å²) in [7, 11) is 0. The summed E-state index contributed by atoms with van der Waals surface area (Å²) in [5.74, 6) is -1.27. The molecule has 1 heterocycles. The average Bonchev–Trinajstić information content (AvgIpc) is 3.51. The highest BCUT2D eigenvalue weighted by atomic mass is 32.1. The predicted molar refractivity (Wildman–Crippen MR) is 163 cm³/mol. The second-order valence-electron chi connectivity index (χ2n) is 10.1. The van der Waals surface area contributed by atoms with Crippen LogP contribution in [0.15, 0.2) is 84.3 Å². The van der Waals surface area contributed by atoms with Crippen LogP contribution in [0.25, 0.3) is 16.8 Å². The quantitative estimate of drug-likeness (QED) is 0.140. The lowest BCUT2D eigenvalue weighted by molar-refractivity contribution is -0.136. The van der Waals surface area contributed by atoms with Crippen LogP contribution in [-0.2, 0) is 11.3 Å². The molecule has 5 rings (SSSR count). The van der Waals surface area contributed by atoms with Crippen molar-refractivity contribution in [2.24, 2.45) is 0 Å². The maximum absolute atomic E-state index is 12.4. The summed E-state index contributed by atoms with van der Waals surface area (Å²) >= 11 is 1.51. The Hall–Kier alpha value is -4.51. The molecule has 0 radical (unpaired) electrons. The van der Waals surface area contributed by atoms with Crippen LogP contribution in [0.1, 0.15) is 53.6 Å². The zero-order valence-electron chi connectivity index (χ0n) is 22.9. The summed E-state index contributed by atoms with van der Waals surface area (Å²) in [6.45, 7) is 0.586. The molecule has 42 heavy (non-hydrogen) atoms. The van der Waals surface area contributed by atoms with E-state index in [0.29, 0.717) is 12.1 Å². The first-order valence-corrected chi connectivity index (χ1v) is 14.6. The van der Waals surface area contributed by atoms with Crippen molar-refractivity contribution < 1.29 is 25.1 Å². The molecule has 216 valence electrons. The first-order chi connectivity index (χ1) is 20.4. The van der Waals surface area contributed by atoms with E-state index in [1.54, 1.807) is 36.4 Å². The topological polar surface area (TPSA) is 126 Å². The van der Waals surface area contributed by atoms with Crippen LogP contribution >= 0.6 is 11.3 Å². The number of aliphatic carboxylic acids is 1. The minimum absolute atomic E-state index is 0.0734. The summed E-state index contributed by atoms with van der Waals surface area (Å²) < 4.78 is 0. The van der Waals surface area contributed by atoms with Crippen LogP contribution in [0.4, 0.5) is 16.5 Å². The first-order valence-electron chi connectivity index (χ1n) is 13.8. The highest BCUT2D eigenvalue weighted by Gasteiger charge is 2.17. The predicted octanol–water partition coefficient (Wildman–Crippen LogP) is 6.90. The number of amides is 1. The number of carbonyl (C=O) groups is 2. The fraction of sp³-hybridized carbons (Fsp3) is 0.219. The molecule has 0 saturated carbocycles. The Kier molecular flexibility index (Phi) is 9.28. The van der Waals surface area contributed by atoms with Crippen molar-refractivity contribution in [3.63, 3.8) is 0 Å². The highest BCUT2D eigenvalue weighted by Crippen LogP contribution is 2.35. The summed E-state index contributed by atoms with van der Waals surface area (Å²) in [6, 6.07) is 22.6. The van der Waals surface area contributed by atoms with Crippen molar-refractivity contribution >= 4 is 45.3 Å². The summed E-state index contributed by atoms with van der Waals surface area (Å²) in [6.07, 6.45) is 6.87. The molecule has 0 fully saturated rings. The van der Waals surface area contributed by atoms with Crippen molar-refractivity contribution in [1.29, 1.82) is 0 Å². The number of rotatable bonds is 11. The maximum Gasteiger partial charge on any atom is 0.305 e. The lowest BCUT2D eigenvalue weighted by Crippen LogP contribution is -2.26. The van der Waals surface area contributed by atoms with Crippen LogP contribution < -0.4 is 15.4 Å². The molecular formula is C32H32N4O5S. The van der Waals surface area contributed by atoms with Crippen molar-refractivity contribution in [2.45, 2.75) is 38.6 Å². The SMILES string of the molecule is O=C(O)CCNC(=O)c1ccc(CN(c2ccc(C3=CCCCC3)cc2)c2nc(-c3ccc(N(O)O)cc3)cs2)cc1. The van der Waals surface area contributed by atoms with Crippen molar-refractivity contribution in [3.8, 4) is 11.3 Å². The Morgan fingerprint density at radius 3 is 2.21 bits per heavy atom. The van der Waals surface area contributed by atoms with Gasteiger partial charge < -0.3 is 15.3 Å². The molecule has 1 aliphatic carbocycles. The number of allylic oxidation sites excluding steroid dienone is 2. The zero-order chi connectivity index (χ0) is 29.5. The molecule has 0 bridgehead atoms. The van der Waals surface area contributed by atoms with Gasteiger partial charge in [-0.2, -0.15) is 0 Å². The number of hydrogen-bond donors (Lipinski definition) is 4.